The first-order valence-corrected chi connectivity index (χ1v) is 11.5. The second kappa shape index (κ2) is 7.38. The van der Waals surface area contributed by atoms with E-state index in [9.17, 15) is 18.0 Å². The number of imidazole rings is 1. The predicted molar refractivity (Wildman–Crippen MR) is 123 cm³/mol. The molecule has 0 aliphatic carbocycles. The number of rotatable bonds is 4. The zero-order valence-corrected chi connectivity index (χ0v) is 17.9. The molecule has 1 aromatic heterocycles. The number of carbonyl (C=O) groups is 1. The summed E-state index contributed by atoms with van der Waals surface area (Å²) in [6.07, 6.45) is 0.638. The second-order valence-electron chi connectivity index (χ2n) is 7.80. The van der Waals surface area contributed by atoms with Crippen molar-refractivity contribution in [3.05, 3.63) is 88.3 Å². The van der Waals surface area contributed by atoms with Crippen LogP contribution in [0.3, 0.4) is 0 Å². The molecule has 0 radical (unpaired) electrons. The highest BCUT2D eigenvalue weighted by molar-refractivity contribution is 7.92. The molecule has 1 unspecified atom stereocenters. The minimum Gasteiger partial charge on any atom is -0.322 e. The Balaban J connectivity index is 1.44. The molecule has 2 heterocycles. The van der Waals surface area contributed by atoms with Crippen molar-refractivity contribution >= 4 is 38.3 Å². The molecule has 3 aromatic carbocycles. The molecule has 1 amide bonds. The molecular weight excluding hydrogens is 428 g/mol. The van der Waals surface area contributed by atoms with E-state index in [2.05, 4.69) is 15.3 Å². The number of aromatic amines is 2. The molecule has 0 bridgehead atoms. The van der Waals surface area contributed by atoms with E-state index in [4.69, 9.17) is 0 Å². The SMILES string of the molecule is CC1Cc2ccccc2N1S(=O)(=O)c1cccc(C(=O)Nc2ccc3[nH]c(=O)[nH]c3c2)c1. The van der Waals surface area contributed by atoms with Gasteiger partial charge in [-0.25, -0.2) is 13.2 Å². The smallest absolute Gasteiger partial charge is 0.322 e. The zero-order chi connectivity index (χ0) is 22.5. The number of amides is 1. The molecule has 1 atom stereocenters. The fourth-order valence-corrected chi connectivity index (χ4v) is 5.87. The molecule has 162 valence electrons. The lowest BCUT2D eigenvalue weighted by molar-refractivity contribution is 0.102. The molecule has 5 rings (SSSR count). The number of aromatic nitrogens is 2. The van der Waals surface area contributed by atoms with Gasteiger partial charge in [-0.2, -0.15) is 0 Å². The molecule has 8 nitrogen and oxygen atoms in total. The van der Waals surface area contributed by atoms with Crippen molar-refractivity contribution in [2.24, 2.45) is 0 Å². The van der Waals surface area contributed by atoms with Crippen LogP contribution in [0.4, 0.5) is 11.4 Å². The van der Waals surface area contributed by atoms with Crippen LogP contribution in [0.5, 0.6) is 0 Å². The van der Waals surface area contributed by atoms with Gasteiger partial charge in [0, 0.05) is 17.3 Å². The summed E-state index contributed by atoms with van der Waals surface area (Å²) in [6, 6.07) is 18.2. The number of nitrogens with one attached hydrogen (secondary N) is 3. The predicted octanol–water partition coefficient (Wildman–Crippen LogP) is 3.25. The van der Waals surface area contributed by atoms with Gasteiger partial charge >= 0.3 is 5.69 Å². The molecule has 0 saturated heterocycles. The molecule has 0 fully saturated rings. The average molecular weight is 449 g/mol. The van der Waals surface area contributed by atoms with Crippen molar-refractivity contribution in [1.82, 2.24) is 9.97 Å². The van der Waals surface area contributed by atoms with Crippen molar-refractivity contribution in [2.45, 2.75) is 24.3 Å². The van der Waals surface area contributed by atoms with E-state index in [1.807, 2.05) is 25.1 Å². The highest BCUT2D eigenvalue weighted by Crippen LogP contribution is 2.36. The Kier molecular flexibility index (Phi) is 4.63. The highest BCUT2D eigenvalue weighted by atomic mass is 32.2. The number of sulfonamides is 1. The maximum absolute atomic E-state index is 13.4. The number of nitrogens with zero attached hydrogens (tertiary/aromatic N) is 1. The average Bonchev–Trinajstić information content (AvgIpc) is 3.31. The molecular formula is C23H20N4O4S. The summed E-state index contributed by atoms with van der Waals surface area (Å²) < 4.78 is 28.3. The third-order valence-corrected chi connectivity index (χ3v) is 7.50. The van der Waals surface area contributed by atoms with E-state index in [1.165, 1.54) is 16.4 Å². The van der Waals surface area contributed by atoms with Crippen LogP contribution >= 0.6 is 0 Å². The van der Waals surface area contributed by atoms with Crippen molar-refractivity contribution < 1.29 is 13.2 Å². The fraction of sp³-hybridized carbons (Fsp3) is 0.130. The van der Waals surface area contributed by atoms with E-state index in [0.29, 0.717) is 28.8 Å². The first-order chi connectivity index (χ1) is 15.3. The normalized spacial score (nSPS) is 15.7. The van der Waals surface area contributed by atoms with Crippen LogP contribution < -0.4 is 15.3 Å². The van der Waals surface area contributed by atoms with Gasteiger partial charge in [0.2, 0.25) is 0 Å². The topological polar surface area (TPSA) is 115 Å². The van der Waals surface area contributed by atoms with Crippen LogP contribution in [0.2, 0.25) is 0 Å². The molecule has 9 heteroatoms. The summed E-state index contributed by atoms with van der Waals surface area (Å²) in [4.78, 5) is 29.6. The van der Waals surface area contributed by atoms with Gasteiger partial charge in [-0.15, -0.1) is 0 Å². The van der Waals surface area contributed by atoms with Gasteiger partial charge in [-0.1, -0.05) is 24.3 Å². The quantitative estimate of drug-likeness (QED) is 0.444. The molecule has 1 aliphatic heterocycles. The number of fused-ring (bicyclic) bond motifs is 2. The van der Waals surface area contributed by atoms with Crippen molar-refractivity contribution in [2.75, 3.05) is 9.62 Å². The molecule has 4 aromatic rings. The summed E-state index contributed by atoms with van der Waals surface area (Å²) >= 11 is 0. The van der Waals surface area contributed by atoms with Crippen LogP contribution in [0.1, 0.15) is 22.8 Å². The summed E-state index contributed by atoms with van der Waals surface area (Å²) in [5.41, 5.74) is 3.20. The Hall–Kier alpha value is -3.85. The summed E-state index contributed by atoms with van der Waals surface area (Å²) in [5, 5.41) is 2.75. The molecule has 32 heavy (non-hydrogen) atoms. The van der Waals surface area contributed by atoms with E-state index < -0.39 is 15.9 Å². The van der Waals surface area contributed by atoms with Gasteiger partial charge in [0.15, 0.2) is 0 Å². The van der Waals surface area contributed by atoms with Crippen LogP contribution in [-0.4, -0.2) is 30.3 Å². The maximum Gasteiger partial charge on any atom is 0.323 e. The molecule has 0 saturated carbocycles. The van der Waals surface area contributed by atoms with Gasteiger partial charge < -0.3 is 15.3 Å². The van der Waals surface area contributed by atoms with Crippen molar-refractivity contribution in [1.29, 1.82) is 0 Å². The first kappa shape index (κ1) is 20.1. The maximum atomic E-state index is 13.4. The van der Waals surface area contributed by atoms with Crippen LogP contribution in [0.25, 0.3) is 11.0 Å². The summed E-state index contributed by atoms with van der Waals surface area (Å²) in [7, 11) is -3.85. The van der Waals surface area contributed by atoms with Crippen LogP contribution in [-0.2, 0) is 16.4 Å². The number of benzene rings is 3. The molecule has 0 spiro atoms. The number of anilines is 2. The third kappa shape index (κ3) is 3.36. The second-order valence-corrected chi connectivity index (χ2v) is 9.62. The number of carbonyl (C=O) groups excluding carboxylic acids is 1. The van der Waals surface area contributed by atoms with Crippen LogP contribution in [0.15, 0.2) is 76.4 Å². The standard InChI is InChI=1S/C23H20N4O4S/c1-14-11-15-5-2-3-8-21(15)27(14)32(30,31)18-7-4-6-16(12-18)22(28)24-17-9-10-19-20(13-17)26-23(29)25-19/h2-10,12-14H,11H2,1H3,(H,24,28)(H2,25,26,29). The van der Waals surface area contributed by atoms with E-state index in [-0.39, 0.29) is 22.2 Å². The van der Waals surface area contributed by atoms with Crippen molar-refractivity contribution in [3.8, 4) is 0 Å². The van der Waals surface area contributed by atoms with Gasteiger partial charge in [0.25, 0.3) is 15.9 Å². The minimum absolute atomic E-state index is 0.0547. The Morgan fingerprint density at radius 3 is 2.62 bits per heavy atom. The number of para-hydroxylation sites is 1. The largest absolute Gasteiger partial charge is 0.323 e. The zero-order valence-electron chi connectivity index (χ0n) is 17.1. The lowest BCUT2D eigenvalue weighted by Gasteiger charge is -2.24. The van der Waals surface area contributed by atoms with Crippen LogP contribution in [0, 0.1) is 0 Å². The molecule has 1 aliphatic rings. The number of H-pyrrole nitrogens is 2. The Bertz CT molecular complexity index is 1520. The van der Waals surface area contributed by atoms with Gasteiger partial charge in [-0.05, 0) is 61.4 Å². The lowest BCUT2D eigenvalue weighted by Crippen LogP contribution is -2.35. The third-order valence-electron chi connectivity index (χ3n) is 5.57. The monoisotopic (exact) mass is 448 g/mol. The van der Waals surface area contributed by atoms with E-state index in [1.54, 1.807) is 36.4 Å². The Morgan fingerprint density at radius 2 is 1.78 bits per heavy atom. The minimum atomic E-state index is -3.85. The van der Waals surface area contributed by atoms with Gasteiger partial charge in [0.05, 0.1) is 21.6 Å². The number of hydrogen-bond donors (Lipinski definition) is 3. The van der Waals surface area contributed by atoms with Gasteiger partial charge in [-0.3, -0.25) is 9.10 Å². The Morgan fingerprint density at radius 1 is 1.00 bits per heavy atom. The first-order valence-electron chi connectivity index (χ1n) is 10.1. The highest BCUT2D eigenvalue weighted by Gasteiger charge is 2.36. The van der Waals surface area contributed by atoms with Gasteiger partial charge in [0.1, 0.15) is 0 Å². The van der Waals surface area contributed by atoms with E-state index >= 15 is 0 Å². The fourth-order valence-electron chi connectivity index (χ4n) is 4.13. The summed E-state index contributed by atoms with van der Waals surface area (Å²) in [6.45, 7) is 1.87. The summed E-state index contributed by atoms with van der Waals surface area (Å²) in [5.74, 6) is -0.450. The number of hydrogen-bond acceptors (Lipinski definition) is 4. The molecule has 3 N–H and O–H groups in total. The Labute approximate surface area is 184 Å². The van der Waals surface area contributed by atoms with E-state index in [0.717, 1.165) is 5.56 Å². The lowest BCUT2D eigenvalue weighted by atomic mass is 10.1. The van der Waals surface area contributed by atoms with Crippen molar-refractivity contribution in [3.63, 3.8) is 0 Å².